The van der Waals surface area contributed by atoms with Crippen LogP contribution < -0.4 is 0 Å². The smallest absolute Gasteiger partial charge is 0.167 e. The molecule has 88 valence electrons. The van der Waals surface area contributed by atoms with Crippen LogP contribution in [0.3, 0.4) is 0 Å². The molecule has 1 aliphatic carbocycles. The van der Waals surface area contributed by atoms with Crippen LogP contribution in [0.25, 0.3) is 0 Å². The van der Waals surface area contributed by atoms with Gasteiger partial charge in [-0.15, -0.1) is 0 Å². The van der Waals surface area contributed by atoms with Crippen LogP contribution in [0.15, 0.2) is 0 Å². The maximum Gasteiger partial charge on any atom is 0.167 e. The van der Waals surface area contributed by atoms with Crippen LogP contribution in [0.1, 0.15) is 59.3 Å². The van der Waals surface area contributed by atoms with Gasteiger partial charge in [-0.25, -0.2) is 0 Å². The molecular weight excluding hydrogens is 188 g/mol. The maximum atomic E-state index is 12.2. The van der Waals surface area contributed by atoms with Crippen molar-refractivity contribution in [3.63, 3.8) is 0 Å². The number of carbonyl (C=O) groups is 1. The molecule has 0 aromatic heterocycles. The van der Waals surface area contributed by atoms with Crippen LogP contribution in [0.4, 0.5) is 0 Å². The van der Waals surface area contributed by atoms with Gasteiger partial charge in [-0.3, -0.25) is 4.79 Å². The quantitative estimate of drug-likeness (QED) is 0.668. The van der Waals surface area contributed by atoms with Crippen LogP contribution >= 0.6 is 0 Å². The van der Waals surface area contributed by atoms with E-state index in [4.69, 9.17) is 4.74 Å². The molecule has 0 unspecified atom stereocenters. The number of ketones is 1. The molecule has 1 saturated carbocycles. The first-order chi connectivity index (χ1) is 7.12. The molecule has 2 nitrogen and oxygen atoms in total. The molecule has 1 fully saturated rings. The largest absolute Gasteiger partial charge is 0.367 e. The van der Waals surface area contributed by atoms with Gasteiger partial charge in [-0.1, -0.05) is 39.5 Å². The highest BCUT2D eigenvalue weighted by atomic mass is 16.5. The van der Waals surface area contributed by atoms with Gasteiger partial charge in [-0.2, -0.15) is 0 Å². The zero-order valence-electron chi connectivity index (χ0n) is 10.3. The Morgan fingerprint density at radius 3 is 2.13 bits per heavy atom. The summed E-state index contributed by atoms with van der Waals surface area (Å²) >= 11 is 0. The lowest BCUT2D eigenvalue weighted by atomic mass is 9.84. The van der Waals surface area contributed by atoms with Gasteiger partial charge in [0.25, 0.3) is 0 Å². The van der Waals surface area contributed by atoms with Gasteiger partial charge in [0, 0.05) is 12.5 Å². The van der Waals surface area contributed by atoms with E-state index < -0.39 is 5.60 Å². The molecule has 0 aromatic rings. The minimum Gasteiger partial charge on any atom is -0.367 e. The highest BCUT2D eigenvalue weighted by molar-refractivity contribution is 5.89. The first-order valence-electron chi connectivity index (χ1n) is 6.30. The third-order valence-electron chi connectivity index (χ3n) is 3.31. The summed E-state index contributed by atoms with van der Waals surface area (Å²) in [5.74, 6) is 0.404. The molecule has 0 aromatic carbocycles. The van der Waals surface area contributed by atoms with Crippen molar-refractivity contribution in [3.8, 4) is 0 Å². The van der Waals surface area contributed by atoms with Gasteiger partial charge in [0.15, 0.2) is 5.78 Å². The molecule has 0 aliphatic heterocycles. The minimum atomic E-state index is -0.445. The van der Waals surface area contributed by atoms with Crippen molar-refractivity contribution < 1.29 is 9.53 Å². The number of hydrogen-bond acceptors (Lipinski definition) is 2. The minimum absolute atomic E-state index is 0.0923. The zero-order chi connectivity index (χ0) is 11.3. The Morgan fingerprint density at radius 1 is 1.20 bits per heavy atom. The molecule has 0 N–H and O–H groups in total. The standard InChI is InChI=1S/C13H24O2/c1-4-15-13(12(14)11(2)3)9-7-5-6-8-10-13/h11H,4-10H2,1-3H3. The topological polar surface area (TPSA) is 26.3 Å². The molecule has 1 rings (SSSR count). The fourth-order valence-electron chi connectivity index (χ4n) is 2.56. The Kier molecular flexibility index (Phi) is 4.78. The lowest BCUT2D eigenvalue weighted by molar-refractivity contribution is -0.149. The van der Waals surface area contributed by atoms with E-state index in [0.29, 0.717) is 12.4 Å². The van der Waals surface area contributed by atoms with Crippen molar-refractivity contribution in [2.24, 2.45) is 5.92 Å². The summed E-state index contributed by atoms with van der Waals surface area (Å²) in [5, 5.41) is 0. The molecule has 15 heavy (non-hydrogen) atoms. The average molecular weight is 212 g/mol. The first-order valence-corrected chi connectivity index (χ1v) is 6.30. The molecule has 0 atom stereocenters. The molecule has 1 aliphatic rings. The van der Waals surface area contributed by atoms with E-state index in [9.17, 15) is 4.79 Å². The van der Waals surface area contributed by atoms with Gasteiger partial charge < -0.3 is 4.74 Å². The summed E-state index contributed by atoms with van der Waals surface area (Å²) in [4.78, 5) is 12.2. The lowest BCUT2D eigenvalue weighted by Crippen LogP contribution is -2.43. The van der Waals surface area contributed by atoms with Crippen molar-refractivity contribution in [2.45, 2.75) is 64.9 Å². The highest BCUT2D eigenvalue weighted by Gasteiger charge is 2.39. The van der Waals surface area contributed by atoms with Gasteiger partial charge in [0.05, 0.1) is 0 Å². The third kappa shape index (κ3) is 3.04. The van der Waals surface area contributed by atoms with E-state index in [-0.39, 0.29) is 5.92 Å². The Bertz CT molecular complexity index is 201. The SMILES string of the molecule is CCOC1(C(=O)C(C)C)CCCCCC1. The number of hydrogen-bond donors (Lipinski definition) is 0. The summed E-state index contributed by atoms with van der Waals surface area (Å²) in [6, 6.07) is 0. The van der Waals surface area contributed by atoms with Gasteiger partial charge in [-0.05, 0) is 19.8 Å². The molecule has 0 spiro atoms. The van der Waals surface area contributed by atoms with Crippen LogP contribution in [0.5, 0.6) is 0 Å². The predicted molar refractivity (Wildman–Crippen MR) is 61.9 cm³/mol. The molecule has 0 amide bonds. The van der Waals surface area contributed by atoms with Crippen LogP contribution in [0.2, 0.25) is 0 Å². The fraction of sp³-hybridized carbons (Fsp3) is 0.923. The first kappa shape index (κ1) is 12.7. The lowest BCUT2D eigenvalue weighted by Gasteiger charge is -2.32. The van der Waals surface area contributed by atoms with E-state index in [1.54, 1.807) is 0 Å². The Hall–Kier alpha value is -0.370. The second-order valence-corrected chi connectivity index (χ2v) is 4.86. The molecule has 0 radical (unpaired) electrons. The zero-order valence-corrected chi connectivity index (χ0v) is 10.3. The predicted octanol–water partition coefficient (Wildman–Crippen LogP) is 3.34. The Balaban J connectivity index is 2.79. The average Bonchev–Trinajstić information content (AvgIpc) is 2.44. The van der Waals surface area contributed by atoms with Gasteiger partial charge >= 0.3 is 0 Å². The van der Waals surface area contributed by atoms with E-state index in [1.165, 1.54) is 12.8 Å². The van der Waals surface area contributed by atoms with Crippen LogP contribution in [-0.4, -0.2) is 18.0 Å². The van der Waals surface area contributed by atoms with Crippen molar-refractivity contribution >= 4 is 5.78 Å². The fourth-order valence-corrected chi connectivity index (χ4v) is 2.56. The summed E-state index contributed by atoms with van der Waals surface area (Å²) in [7, 11) is 0. The molecule has 0 saturated heterocycles. The Labute approximate surface area is 93.4 Å². The van der Waals surface area contributed by atoms with Crippen molar-refractivity contribution in [1.29, 1.82) is 0 Å². The summed E-state index contributed by atoms with van der Waals surface area (Å²) in [5.41, 5.74) is -0.445. The summed E-state index contributed by atoms with van der Waals surface area (Å²) in [6.45, 7) is 6.60. The summed E-state index contributed by atoms with van der Waals surface area (Å²) < 4.78 is 5.82. The van der Waals surface area contributed by atoms with Crippen LogP contribution in [-0.2, 0) is 9.53 Å². The third-order valence-corrected chi connectivity index (χ3v) is 3.31. The number of carbonyl (C=O) groups excluding carboxylic acids is 1. The Morgan fingerprint density at radius 2 is 1.73 bits per heavy atom. The maximum absolute atomic E-state index is 12.2. The van der Waals surface area contributed by atoms with Crippen molar-refractivity contribution in [3.05, 3.63) is 0 Å². The number of rotatable bonds is 4. The van der Waals surface area contributed by atoms with Crippen molar-refractivity contribution in [1.82, 2.24) is 0 Å². The highest BCUT2D eigenvalue weighted by Crippen LogP contribution is 2.33. The molecule has 2 heteroatoms. The second-order valence-electron chi connectivity index (χ2n) is 4.86. The van der Waals surface area contributed by atoms with Gasteiger partial charge in [0.2, 0.25) is 0 Å². The van der Waals surface area contributed by atoms with Crippen LogP contribution in [0, 0.1) is 5.92 Å². The monoisotopic (exact) mass is 212 g/mol. The molecule has 0 bridgehead atoms. The van der Waals surface area contributed by atoms with Gasteiger partial charge in [0.1, 0.15) is 5.60 Å². The summed E-state index contributed by atoms with van der Waals surface area (Å²) in [6.07, 6.45) is 6.63. The van der Waals surface area contributed by atoms with E-state index >= 15 is 0 Å². The molecular formula is C13H24O2. The van der Waals surface area contributed by atoms with Crippen molar-refractivity contribution in [2.75, 3.05) is 6.61 Å². The normalized spacial score (nSPS) is 21.3. The van der Waals surface area contributed by atoms with E-state index in [2.05, 4.69) is 0 Å². The number of Topliss-reactive ketones (excluding diaryl/α,β-unsaturated/α-hetero) is 1. The van der Waals surface area contributed by atoms with E-state index in [0.717, 1.165) is 25.7 Å². The van der Waals surface area contributed by atoms with E-state index in [1.807, 2.05) is 20.8 Å². The number of ether oxygens (including phenoxy) is 1. The molecule has 0 heterocycles. The second kappa shape index (κ2) is 5.64.